The molecule has 0 saturated heterocycles. The summed E-state index contributed by atoms with van der Waals surface area (Å²) in [7, 11) is 0. The summed E-state index contributed by atoms with van der Waals surface area (Å²) in [5, 5.41) is 0. The van der Waals surface area contributed by atoms with E-state index in [2.05, 4.69) is 15.0 Å². The molecule has 4 rings (SSSR count). The third kappa shape index (κ3) is 3.10. The molecular weight excluding hydrogens is 326 g/mol. The first-order valence-electron chi connectivity index (χ1n) is 8.04. The highest BCUT2D eigenvalue weighted by Crippen LogP contribution is 2.28. The molecule has 0 spiro atoms. The zero-order valence-electron chi connectivity index (χ0n) is 13.7. The van der Waals surface area contributed by atoms with E-state index in [1.54, 1.807) is 24.5 Å². The summed E-state index contributed by atoms with van der Waals surface area (Å²) in [4.78, 5) is 37.3. The summed E-state index contributed by atoms with van der Waals surface area (Å²) in [5.41, 5.74) is 3.53. The Labute approximate surface area is 149 Å². The Morgan fingerprint density at radius 3 is 1.85 bits per heavy atom. The number of ketones is 2. The summed E-state index contributed by atoms with van der Waals surface area (Å²) in [6.45, 7) is 0. The molecule has 124 valence electrons. The lowest BCUT2D eigenvalue weighted by molar-refractivity contribution is -0.113. The lowest BCUT2D eigenvalue weighted by Crippen LogP contribution is -2.07. The van der Waals surface area contributed by atoms with Gasteiger partial charge in [0.25, 0.3) is 0 Å². The number of hydrogen-bond acceptors (Lipinski definition) is 5. The molecule has 5 nitrogen and oxygen atoms in total. The van der Waals surface area contributed by atoms with Crippen molar-refractivity contribution in [2.45, 2.75) is 0 Å². The summed E-state index contributed by atoms with van der Waals surface area (Å²) in [6, 6.07) is 14.6. The highest BCUT2D eigenvalue weighted by molar-refractivity contribution is 6.34. The third-order valence-electron chi connectivity index (χ3n) is 3.94. The molecule has 3 aromatic heterocycles. The Morgan fingerprint density at radius 2 is 1.31 bits per heavy atom. The topological polar surface area (TPSA) is 72.8 Å². The molecule has 5 heteroatoms. The van der Waals surface area contributed by atoms with Gasteiger partial charge >= 0.3 is 0 Å². The van der Waals surface area contributed by atoms with Crippen LogP contribution in [0.1, 0.15) is 5.56 Å². The van der Waals surface area contributed by atoms with E-state index in [4.69, 9.17) is 0 Å². The smallest absolute Gasteiger partial charge is 0.186 e. The van der Waals surface area contributed by atoms with E-state index in [9.17, 15) is 9.59 Å². The van der Waals surface area contributed by atoms with Crippen LogP contribution in [-0.4, -0.2) is 26.5 Å². The number of allylic oxidation sites excluding steroid dienone is 4. The average molecular weight is 339 g/mol. The molecule has 0 aromatic carbocycles. The van der Waals surface area contributed by atoms with Crippen molar-refractivity contribution in [3.63, 3.8) is 0 Å². The van der Waals surface area contributed by atoms with Crippen molar-refractivity contribution in [1.82, 2.24) is 15.0 Å². The second-order valence-corrected chi connectivity index (χ2v) is 5.71. The Kier molecular flexibility index (Phi) is 4.03. The monoisotopic (exact) mass is 339 g/mol. The van der Waals surface area contributed by atoms with E-state index in [1.807, 2.05) is 36.4 Å². The molecule has 1 aliphatic rings. The fourth-order valence-corrected chi connectivity index (χ4v) is 2.71. The van der Waals surface area contributed by atoms with Crippen LogP contribution in [0.2, 0.25) is 0 Å². The summed E-state index contributed by atoms with van der Waals surface area (Å²) >= 11 is 0. The van der Waals surface area contributed by atoms with E-state index >= 15 is 0 Å². The van der Waals surface area contributed by atoms with Crippen molar-refractivity contribution >= 4 is 17.1 Å². The van der Waals surface area contributed by atoms with E-state index in [0.717, 1.165) is 0 Å². The number of aromatic nitrogens is 3. The van der Waals surface area contributed by atoms with Gasteiger partial charge in [-0.15, -0.1) is 0 Å². The Bertz CT molecular complexity index is 997. The van der Waals surface area contributed by atoms with E-state index in [0.29, 0.717) is 33.9 Å². The quantitative estimate of drug-likeness (QED) is 0.685. The standard InChI is InChI=1S/C21H13N3O2/c25-15-7-8-21(26)16(13-15)14-11-19(17-5-1-3-9-22-17)24-20(12-14)18-6-2-4-10-23-18/h1-13H. The molecule has 0 N–H and O–H groups in total. The van der Waals surface area contributed by atoms with Gasteiger partial charge in [0.2, 0.25) is 0 Å². The van der Waals surface area contributed by atoms with Gasteiger partial charge in [0.1, 0.15) is 0 Å². The summed E-state index contributed by atoms with van der Waals surface area (Å²) < 4.78 is 0. The Balaban J connectivity index is 1.92. The van der Waals surface area contributed by atoms with Gasteiger partial charge in [-0.2, -0.15) is 0 Å². The number of nitrogens with zero attached hydrogens (tertiary/aromatic N) is 3. The molecule has 0 saturated carbocycles. The molecular formula is C21H13N3O2. The maximum Gasteiger partial charge on any atom is 0.186 e. The zero-order chi connectivity index (χ0) is 17.9. The molecule has 0 bridgehead atoms. The van der Waals surface area contributed by atoms with Crippen LogP contribution < -0.4 is 0 Å². The minimum Gasteiger partial charge on any atom is -0.290 e. The average Bonchev–Trinajstić information content (AvgIpc) is 2.71. The highest BCUT2D eigenvalue weighted by atomic mass is 16.1. The van der Waals surface area contributed by atoms with E-state index in [-0.39, 0.29) is 11.6 Å². The Hall–Kier alpha value is -3.73. The fourth-order valence-electron chi connectivity index (χ4n) is 2.71. The van der Waals surface area contributed by atoms with Gasteiger partial charge in [0, 0.05) is 18.0 Å². The predicted octanol–water partition coefficient (Wildman–Crippen LogP) is 3.30. The number of hydrogen-bond donors (Lipinski definition) is 0. The molecule has 1 aliphatic carbocycles. The number of carbonyl (C=O) groups excluding carboxylic acids is 2. The summed E-state index contributed by atoms with van der Waals surface area (Å²) in [6.07, 6.45) is 7.27. The largest absolute Gasteiger partial charge is 0.290 e. The van der Waals surface area contributed by atoms with Crippen molar-refractivity contribution in [3.8, 4) is 22.8 Å². The van der Waals surface area contributed by atoms with Gasteiger partial charge < -0.3 is 0 Å². The van der Waals surface area contributed by atoms with Crippen LogP contribution >= 0.6 is 0 Å². The number of pyridine rings is 3. The van der Waals surface area contributed by atoms with Gasteiger partial charge in [-0.05, 0) is 60.2 Å². The Morgan fingerprint density at radius 1 is 0.692 bits per heavy atom. The maximum atomic E-state index is 12.3. The van der Waals surface area contributed by atoms with Crippen LogP contribution in [0.3, 0.4) is 0 Å². The van der Waals surface area contributed by atoms with Gasteiger partial charge in [-0.1, -0.05) is 12.1 Å². The van der Waals surface area contributed by atoms with Gasteiger partial charge in [-0.25, -0.2) is 4.98 Å². The molecule has 3 heterocycles. The molecule has 0 radical (unpaired) electrons. The molecule has 0 amide bonds. The molecule has 0 atom stereocenters. The first kappa shape index (κ1) is 15.8. The van der Waals surface area contributed by atoms with Gasteiger partial charge in [-0.3, -0.25) is 19.6 Å². The lowest BCUT2D eigenvalue weighted by Gasteiger charge is -2.11. The van der Waals surface area contributed by atoms with Crippen molar-refractivity contribution < 1.29 is 9.59 Å². The third-order valence-corrected chi connectivity index (χ3v) is 3.94. The number of rotatable bonds is 3. The lowest BCUT2D eigenvalue weighted by atomic mass is 9.95. The second-order valence-electron chi connectivity index (χ2n) is 5.71. The first-order chi connectivity index (χ1) is 12.7. The van der Waals surface area contributed by atoms with Crippen molar-refractivity contribution in [2.75, 3.05) is 0 Å². The van der Waals surface area contributed by atoms with E-state index < -0.39 is 0 Å². The zero-order valence-corrected chi connectivity index (χ0v) is 13.7. The van der Waals surface area contributed by atoms with Crippen LogP contribution in [0.25, 0.3) is 28.3 Å². The molecule has 0 fully saturated rings. The van der Waals surface area contributed by atoms with Crippen molar-refractivity contribution in [2.24, 2.45) is 0 Å². The minimum absolute atomic E-state index is 0.213. The number of carbonyl (C=O) groups is 2. The van der Waals surface area contributed by atoms with Crippen LogP contribution in [0.4, 0.5) is 0 Å². The maximum absolute atomic E-state index is 12.3. The molecule has 3 aromatic rings. The SMILES string of the molecule is O=C1C=CC(=O)C(c2cc(-c3ccccn3)nc(-c3ccccn3)c2)=C1. The molecule has 26 heavy (non-hydrogen) atoms. The second kappa shape index (κ2) is 6.64. The normalized spacial score (nSPS) is 13.6. The van der Waals surface area contributed by atoms with Gasteiger partial charge in [0.15, 0.2) is 11.6 Å². The predicted molar refractivity (Wildman–Crippen MR) is 97.8 cm³/mol. The van der Waals surface area contributed by atoms with Gasteiger partial charge in [0.05, 0.1) is 22.8 Å². The minimum atomic E-state index is -0.213. The molecule has 0 aliphatic heterocycles. The molecule has 0 unspecified atom stereocenters. The van der Waals surface area contributed by atoms with Crippen LogP contribution in [0, 0.1) is 0 Å². The van der Waals surface area contributed by atoms with Crippen LogP contribution in [0.15, 0.2) is 79.2 Å². The van der Waals surface area contributed by atoms with E-state index in [1.165, 1.54) is 18.2 Å². The van der Waals surface area contributed by atoms with Crippen molar-refractivity contribution in [1.29, 1.82) is 0 Å². The van der Waals surface area contributed by atoms with Crippen LogP contribution in [-0.2, 0) is 9.59 Å². The van der Waals surface area contributed by atoms with Crippen molar-refractivity contribution in [3.05, 3.63) is 84.7 Å². The highest BCUT2D eigenvalue weighted by Gasteiger charge is 2.18. The first-order valence-corrected chi connectivity index (χ1v) is 8.04. The van der Waals surface area contributed by atoms with Crippen LogP contribution in [0.5, 0.6) is 0 Å². The summed E-state index contributed by atoms with van der Waals surface area (Å²) in [5.74, 6) is -0.426. The fraction of sp³-hybridized carbons (Fsp3) is 0.